The summed E-state index contributed by atoms with van der Waals surface area (Å²) in [6.45, 7) is 0. The van der Waals surface area contributed by atoms with Crippen LogP contribution in [0.5, 0.6) is 0 Å². The van der Waals surface area contributed by atoms with Crippen molar-refractivity contribution < 1.29 is 49.8 Å². The second-order valence-electron chi connectivity index (χ2n) is 2.24. The van der Waals surface area contributed by atoms with Crippen LogP contribution in [0.25, 0.3) is 0 Å². The van der Waals surface area contributed by atoms with Crippen molar-refractivity contribution in [2.24, 2.45) is 0 Å². The number of hydrogen-bond acceptors (Lipinski definition) is 2. The Morgan fingerprint density at radius 2 is 1.44 bits per heavy atom. The van der Waals surface area contributed by atoms with Crippen LogP contribution in [-0.4, -0.2) is 21.6 Å². The van der Waals surface area contributed by atoms with Gasteiger partial charge in [-0.2, -0.15) is 30.7 Å². The third kappa shape index (κ3) is 2.86. The molecule has 0 aliphatic rings. The molecule has 0 heterocycles. The van der Waals surface area contributed by atoms with Gasteiger partial charge in [0.25, 0.3) is 0 Å². The molecule has 0 atom stereocenters. The smallest absolute Gasteiger partial charge is 0.397 e. The standard InChI is InChI=1S/C4H2F7O4P/c5-1(6)2(7)15-3(8,9)4(10,11)16(12,13)14/h(H2,12,13,14). The van der Waals surface area contributed by atoms with E-state index in [-0.39, 0.29) is 0 Å². The van der Waals surface area contributed by atoms with Crippen LogP contribution >= 0.6 is 7.60 Å². The van der Waals surface area contributed by atoms with Gasteiger partial charge in [-0.25, -0.2) is 0 Å². The number of halogens is 7. The maximum absolute atomic E-state index is 12.3. The van der Waals surface area contributed by atoms with Crippen LogP contribution in [0.4, 0.5) is 30.7 Å². The number of rotatable bonds is 4. The zero-order valence-electron chi connectivity index (χ0n) is 6.80. The van der Waals surface area contributed by atoms with E-state index in [1.54, 1.807) is 0 Å². The fraction of sp³-hybridized carbons (Fsp3) is 0.500. The zero-order chi connectivity index (χ0) is 13.4. The van der Waals surface area contributed by atoms with Crippen molar-refractivity contribution in [1.82, 2.24) is 0 Å². The minimum Gasteiger partial charge on any atom is -0.397 e. The molecule has 0 aromatic carbocycles. The summed E-state index contributed by atoms with van der Waals surface area (Å²) in [7, 11) is -6.72. The fourth-order valence-electron chi connectivity index (χ4n) is 0.382. The Hall–Kier alpha value is -0.800. The maximum Gasteiger partial charge on any atom is 0.479 e. The lowest BCUT2D eigenvalue weighted by molar-refractivity contribution is -0.314. The summed E-state index contributed by atoms with van der Waals surface area (Å²) in [6, 6.07) is -3.36. The van der Waals surface area contributed by atoms with Crippen molar-refractivity contribution in [3.8, 4) is 0 Å². The highest BCUT2D eigenvalue weighted by atomic mass is 31.2. The number of alkyl halides is 4. The van der Waals surface area contributed by atoms with Gasteiger partial charge in [-0.15, -0.1) is 0 Å². The van der Waals surface area contributed by atoms with Gasteiger partial charge < -0.3 is 14.5 Å². The Morgan fingerprint density at radius 3 is 1.69 bits per heavy atom. The van der Waals surface area contributed by atoms with Gasteiger partial charge in [0.15, 0.2) is 0 Å². The van der Waals surface area contributed by atoms with Crippen LogP contribution in [0.1, 0.15) is 0 Å². The van der Waals surface area contributed by atoms with Crippen LogP contribution in [0.15, 0.2) is 12.1 Å². The van der Waals surface area contributed by atoms with E-state index in [1.165, 1.54) is 0 Å². The van der Waals surface area contributed by atoms with Gasteiger partial charge in [-0.05, 0) is 0 Å². The lowest BCUT2D eigenvalue weighted by Gasteiger charge is -2.25. The van der Waals surface area contributed by atoms with Crippen molar-refractivity contribution in [2.45, 2.75) is 11.8 Å². The number of hydrogen-bond donors (Lipinski definition) is 2. The molecule has 4 nitrogen and oxygen atoms in total. The maximum atomic E-state index is 12.3. The van der Waals surface area contributed by atoms with Crippen LogP contribution in [0.3, 0.4) is 0 Å². The largest absolute Gasteiger partial charge is 0.479 e. The summed E-state index contributed by atoms with van der Waals surface area (Å²) in [6.07, 6.45) is -9.61. The summed E-state index contributed by atoms with van der Waals surface area (Å²) in [5.41, 5.74) is -6.15. The first-order valence-electron chi connectivity index (χ1n) is 3.04. The topological polar surface area (TPSA) is 66.8 Å². The van der Waals surface area contributed by atoms with Gasteiger partial charge >= 0.3 is 31.5 Å². The molecular formula is C4H2F7O4P. The van der Waals surface area contributed by atoms with Crippen LogP contribution in [-0.2, 0) is 9.30 Å². The molecule has 16 heavy (non-hydrogen) atoms. The fourth-order valence-corrected chi connectivity index (χ4v) is 0.767. The summed E-state index contributed by atoms with van der Waals surface area (Å²) < 4.78 is 95.4. The highest BCUT2D eigenvalue weighted by Crippen LogP contribution is 2.60. The molecular weight excluding hydrogens is 276 g/mol. The highest BCUT2D eigenvalue weighted by Gasteiger charge is 2.71. The molecule has 0 saturated carbocycles. The van der Waals surface area contributed by atoms with E-state index in [9.17, 15) is 35.3 Å². The van der Waals surface area contributed by atoms with Gasteiger partial charge in [0.05, 0.1) is 0 Å². The van der Waals surface area contributed by atoms with Gasteiger partial charge in [-0.3, -0.25) is 4.57 Å². The van der Waals surface area contributed by atoms with E-state index in [1.807, 2.05) is 0 Å². The molecule has 0 aliphatic heterocycles. The predicted octanol–water partition coefficient (Wildman–Crippen LogP) is 2.40. The molecule has 0 fully saturated rings. The molecule has 0 unspecified atom stereocenters. The lowest BCUT2D eigenvalue weighted by Crippen LogP contribution is -2.42. The van der Waals surface area contributed by atoms with Crippen molar-refractivity contribution in [3.05, 3.63) is 12.1 Å². The molecule has 0 radical (unpaired) electrons. The highest BCUT2D eigenvalue weighted by molar-refractivity contribution is 7.53. The molecule has 0 bridgehead atoms. The molecule has 96 valence electrons. The van der Waals surface area contributed by atoms with Gasteiger partial charge in [0.1, 0.15) is 0 Å². The molecule has 12 heteroatoms. The van der Waals surface area contributed by atoms with E-state index in [0.717, 1.165) is 0 Å². The molecule has 0 aliphatic carbocycles. The molecule has 0 amide bonds. The van der Waals surface area contributed by atoms with E-state index < -0.39 is 31.5 Å². The Labute approximate surface area is 82.5 Å². The van der Waals surface area contributed by atoms with E-state index in [4.69, 9.17) is 9.79 Å². The molecule has 0 saturated heterocycles. The lowest BCUT2D eigenvalue weighted by atomic mass is 10.6. The van der Waals surface area contributed by atoms with Crippen molar-refractivity contribution in [1.29, 1.82) is 0 Å². The Morgan fingerprint density at radius 1 is 1.06 bits per heavy atom. The first-order valence-corrected chi connectivity index (χ1v) is 4.65. The van der Waals surface area contributed by atoms with E-state index in [0.29, 0.717) is 0 Å². The summed E-state index contributed by atoms with van der Waals surface area (Å²) in [4.78, 5) is 15.6. The third-order valence-electron chi connectivity index (χ3n) is 1.08. The van der Waals surface area contributed by atoms with Crippen LogP contribution in [0, 0.1) is 0 Å². The monoisotopic (exact) mass is 278 g/mol. The molecule has 0 spiro atoms. The first-order chi connectivity index (χ1) is 6.83. The van der Waals surface area contributed by atoms with E-state index in [2.05, 4.69) is 4.74 Å². The van der Waals surface area contributed by atoms with Gasteiger partial charge in [0.2, 0.25) is 0 Å². The summed E-state index contributed by atoms with van der Waals surface area (Å²) in [5, 5.41) is 0. The molecule has 0 aromatic heterocycles. The predicted molar refractivity (Wildman–Crippen MR) is 33.4 cm³/mol. The third-order valence-corrected chi connectivity index (χ3v) is 2.07. The molecule has 0 aromatic rings. The van der Waals surface area contributed by atoms with E-state index >= 15 is 0 Å². The minimum atomic E-state index is -6.72. The van der Waals surface area contributed by atoms with Crippen LogP contribution < -0.4 is 0 Å². The second kappa shape index (κ2) is 4.22. The average Bonchev–Trinajstić information content (AvgIpc) is 2.00. The van der Waals surface area contributed by atoms with Crippen molar-refractivity contribution in [2.75, 3.05) is 0 Å². The minimum absolute atomic E-state index is 2.18. The molecule has 2 N–H and O–H groups in total. The normalized spacial score (nSPS) is 13.6. The van der Waals surface area contributed by atoms with Crippen molar-refractivity contribution in [3.63, 3.8) is 0 Å². The SMILES string of the molecule is O=P(O)(O)C(F)(F)C(F)(F)OC(F)=C(F)F. The average molecular weight is 278 g/mol. The first kappa shape index (κ1) is 15.2. The summed E-state index contributed by atoms with van der Waals surface area (Å²) in [5.74, 6) is 0. The van der Waals surface area contributed by atoms with Gasteiger partial charge in [-0.1, -0.05) is 0 Å². The zero-order valence-corrected chi connectivity index (χ0v) is 7.70. The Bertz CT molecular complexity index is 342. The van der Waals surface area contributed by atoms with Crippen molar-refractivity contribution >= 4 is 7.60 Å². The second-order valence-corrected chi connectivity index (χ2v) is 3.89. The summed E-state index contributed by atoms with van der Waals surface area (Å²) >= 11 is 0. The molecule has 0 rings (SSSR count). The van der Waals surface area contributed by atoms with Crippen LogP contribution in [0.2, 0.25) is 0 Å². The Balaban J connectivity index is 5.23. The number of ether oxygens (including phenoxy) is 1. The quantitative estimate of drug-likeness (QED) is 0.470. The van der Waals surface area contributed by atoms with Gasteiger partial charge in [0, 0.05) is 0 Å². The Kier molecular flexibility index (Phi) is 4.01.